The van der Waals surface area contributed by atoms with Crippen LogP contribution < -0.4 is 0 Å². The van der Waals surface area contributed by atoms with E-state index in [9.17, 15) is 0 Å². The van der Waals surface area contributed by atoms with E-state index in [2.05, 4.69) is 12.1 Å². The molecule has 0 heterocycles. The van der Waals surface area contributed by atoms with Crippen molar-refractivity contribution in [2.24, 2.45) is 0 Å². The first kappa shape index (κ1) is 16.3. The smallest absolute Gasteiger partial charge is 0.396 e. The molecule has 1 N–H and O–H groups in total. The first-order valence-corrected chi connectivity index (χ1v) is 6.93. The fourth-order valence-electron chi connectivity index (χ4n) is 1.22. The van der Waals surface area contributed by atoms with Crippen LogP contribution in [0, 0.1) is 0 Å². The van der Waals surface area contributed by atoms with E-state index in [1.807, 2.05) is 18.2 Å². The Bertz CT molecular complexity index is 246. The Morgan fingerprint density at radius 1 is 1.00 bits per heavy atom. The number of benzene rings is 1. The lowest BCUT2D eigenvalue weighted by Gasteiger charge is -2.05. The maximum absolute atomic E-state index is 8.53. The molecule has 0 unspecified atom stereocenters. The van der Waals surface area contributed by atoms with Crippen LogP contribution in [0.4, 0.5) is 0 Å². The van der Waals surface area contributed by atoms with Crippen molar-refractivity contribution >= 4 is 9.53 Å². The Hall–Kier alpha value is -0.723. The molecule has 0 aliphatic heterocycles. The lowest BCUT2D eigenvalue weighted by molar-refractivity contribution is 0.163. The quantitative estimate of drug-likeness (QED) is 0.780. The van der Waals surface area contributed by atoms with E-state index in [0.29, 0.717) is 0 Å². The van der Waals surface area contributed by atoms with Gasteiger partial charge in [0.05, 0.1) is 0 Å². The maximum atomic E-state index is 8.53. The molecule has 0 saturated heterocycles. The molecule has 0 amide bonds. The van der Waals surface area contributed by atoms with Gasteiger partial charge in [-0.05, 0) is 18.4 Å². The molecule has 5 heteroatoms. The van der Waals surface area contributed by atoms with Crippen LogP contribution >= 0.6 is 0 Å². The van der Waals surface area contributed by atoms with Crippen molar-refractivity contribution in [1.82, 2.24) is 0 Å². The Morgan fingerprint density at radius 2 is 1.53 bits per heavy atom. The summed E-state index contributed by atoms with van der Waals surface area (Å²) in [4.78, 5) is 0. The van der Waals surface area contributed by atoms with Crippen molar-refractivity contribution in [2.45, 2.75) is 12.8 Å². The van der Waals surface area contributed by atoms with E-state index in [0.717, 1.165) is 12.8 Å². The van der Waals surface area contributed by atoms with Crippen LogP contribution in [-0.2, 0) is 19.7 Å². The Balaban J connectivity index is 0.000000325. The molecule has 0 atom stereocenters. The minimum absolute atomic E-state index is 0.287. The van der Waals surface area contributed by atoms with Crippen molar-refractivity contribution in [3.63, 3.8) is 0 Å². The molecule has 0 aliphatic rings. The van der Waals surface area contributed by atoms with E-state index in [4.69, 9.17) is 18.4 Å². The van der Waals surface area contributed by atoms with Gasteiger partial charge >= 0.3 is 9.53 Å². The lowest BCUT2D eigenvalue weighted by Crippen LogP contribution is -2.21. The van der Waals surface area contributed by atoms with Gasteiger partial charge in [-0.2, -0.15) is 0 Å². The molecule has 0 saturated carbocycles. The molecule has 0 radical (unpaired) electrons. The minimum atomic E-state index is -1.67. The molecule has 17 heavy (non-hydrogen) atoms. The summed E-state index contributed by atoms with van der Waals surface area (Å²) in [5.41, 5.74) is 1.30. The maximum Gasteiger partial charge on any atom is 0.483 e. The molecular weight excluding hydrogens is 236 g/mol. The summed E-state index contributed by atoms with van der Waals surface area (Å²) in [6.07, 6.45) is 1.85. The van der Waals surface area contributed by atoms with Crippen molar-refractivity contribution in [2.75, 3.05) is 27.9 Å². The van der Waals surface area contributed by atoms with Crippen LogP contribution in [0.25, 0.3) is 0 Å². The Labute approximate surface area is 105 Å². The molecule has 0 aromatic heterocycles. The summed E-state index contributed by atoms with van der Waals surface area (Å²) in [6, 6.07) is 10.2. The third kappa shape index (κ3) is 9.02. The molecular formula is C12H22O4Si. The van der Waals surface area contributed by atoms with E-state index in [1.165, 1.54) is 5.56 Å². The van der Waals surface area contributed by atoms with Crippen molar-refractivity contribution in [3.05, 3.63) is 35.9 Å². The van der Waals surface area contributed by atoms with Gasteiger partial charge in [-0.15, -0.1) is 0 Å². The molecule has 4 nitrogen and oxygen atoms in total. The van der Waals surface area contributed by atoms with E-state index in [1.54, 1.807) is 21.3 Å². The zero-order chi connectivity index (χ0) is 12.9. The van der Waals surface area contributed by atoms with E-state index in [-0.39, 0.29) is 6.61 Å². The Kier molecular flexibility index (Phi) is 11.3. The molecule has 98 valence electrons. The standard InChI is InChI=1S/C9H12O.C3H10O3Si/c10-8-4-7-9-5-2-1-3-6-9;1-4-7(5-2)6-3/h1-3,5-6,10H,4,7-8H2;7H,1-3H3. The van der Waals surface area contributed by atoms with E-state index < -0.39 is 9.53 Å². The Morgan fingerprint density at radius 3 is 1.88 bits per heavy atom. The van der Waals surface area contributed by atoms with Gasteiger partial charge in [-0.25, -0.2) is 0 Å². The summed E-state index contributed by atoms with van der Waals surface area (Å²) in [5, 5.41) is 8.53. The highest BCUT2D eigenvalue weighted by atomic mass is 28.3. The number of hydrogen-bond donors (Lipinski definition) is 1. The fourth-order valence-corrected chi connectivity index (χ4v) is 1.79. The first-order valence-electron chi connectivity index (χ1n) is 5.51. The minimum Gasteiger partial charge on any atom is -0.396 e. The number of rotatable bonds is 6. The zero-order valence-corrected chi connectivity index (χ0v) is 11.9. The SMILES string of the molecule is CO[SiH](OC)OC.OCCCc1ccccc1. The summed E-state index contributed by atoms with van der Waals surface area (Å²) in [5.74, 6) is 0. The van der Waals surface area contributed by atoms with Gasteiger partial charge in [0.15, 0.2) is 0 Å². The first-order chi connectivity index (χ1) is 8.28. The number of hydrogen-bond acceptors (Lipinski definition) is 4. The molecule has 0 bridgehead atoms. The number of aryl methyl sites for hydroxylation is 1. The third-order valence-corrected chi connectivity index (χ3v) is 3.20. The highest BCUT2D eigenvalue weighted by Crippen LogP contribution is 2.00. The second-order valence-corrected chi connectivity index (χ2v) is 5.30. The van der Waals surface area contributed by atoms with Gasteiger partial charge in [-0.1, -0.05) is 30.3 Å². The molecule has 0 aliphatic carbocycles. The second kappa shape index (κ2) is 11.8. The summed E-state index contributed by atoms with van der Waals surface area (Å²) in [7, 11) is 3.05. The monoisotopic (exact) mass is 258 g/mol. The van der Waals surface area contributed by atoms with Gasteiger partial charge < -0.3 is 18.4 Å². The van der Waals surface area contributed by atoms with E-state index >= 15 is 0 Å². The van der Waals surface area contributed by atoms with Crippen molar-refractivity contribution in [1.29, 1.82) is 0 Å². The number of aliphatic hydroxyl groups excluding tert-OH is 1. The topological polar surface area (TPSA) is 47.9 Å². The fraction of sp³-hybridized carbons (Fsp3) is 0.500. The third-order valence-electron chi connectivity index (χ3n) is 2.04. The predicted molar refractivity (Wildman–Crippen MR) is 70.0 cm³/mol. The van der Waals surface area contributed by atoms with Crippen molar-refractivity contribution < 1.29 is 18.4 Å². The van der Waals surface area contributed by atoms with Crippen LogP contribution in [0.5, 0.6) is 0 Å². The summed E-state index contributed by atoms with van der Waals surface area (Å²) < 4.78 is 14.2. The van der Waals surface area contributed by atoms with Gasteiger partial charge in [0, 0.05) is 27.9 Å². The molecule has 1 rings (SSSR count). The van der Waals surface area contributed by atoms with Gasteiger partial charge in [0.1, 0.15) is 0 Å². The summed E-state index contributed by atoms with van der Waals surface area (Å²) in [6.45, 7) is 0.287. The van der Waals surface area contributed by atoms with Gasteiger partial charge in [0.25, 0.3) is 0 Å². The van der Waals surface area contributed by atoms with Gasteiger partial charge in [-0.3, -0.25) is 0 Å². The van der Waals surface area contributed by atoms with Crippen LogP contribution in [-0.4, -0.2) is 42.6 Å². The average molecular weight is 258 g/mol. The highest BCUT2D eigenvalue weighted by Gasteiger charge is 2.04. The highest BCUT2D eigenvalue weighted by molar-refractivity contribution is 6.36. The number of aliphatic hydroxyl groups is 1. The van der Waals surface area contributed by atoms with Crippen molar-refractivity contribution in [3.8, 4) is 0 Å². The molecule has 0 fully saturated rings. The van der Waals surface area contributed by atoms with Gasteiger partial charge in [0.2, 0.25) is 0 Å². The molecule has 1 aromatic rings. The largest absolute Gasteiger partial charge is 0.483 e. The van der Waals surface area contributed by atoms with Crippen LogP contribution in [0.15, 0.2) is 30.3 Å². The summed E-state index contributed by atoms with van der Waals surface area (Å²) >= 11 is 0. The molecule has 0 spiro atoms. The molecule has 1 aromatic carbocycles. The lowest BCUT2D eigenvalue weighted by atomic mass is 10.1. The van der Waals surface area contributed by atoms with Crippen LogP contribution in [0.1, 0.15) is 12.0 Å². The predicted octanol–water partition coefficient (Wildman–Crippen LogP) is 1.25. The van der Waals surface area contributed by atoms with Crippen LogP contribution in [0.3, 0.4) is 0 Å². The average Bonchev–Trinajstić information content (AvgIpc) is 2.40. The zero-order valence-electron chi connectivity index (χ0n) is 10.8. The van der Waals surface area contributed by atoms with Crippen LogP contribution in [0.2, 0.25) is 0 Å². The normalized spacial score (nSPS) is 9.94. The second-order valence-electron chi connectivity index (χ2n) is 3.31.